The fourth-order valence-corrected chi connectivity index (χ4v) is 6.72. The molecule has 1 atom stereocenters. The SMILES string of the molecule is CCCCCCCCCCCCCN1C=CN(CCCCCCCCCCC)C1CCCCCCCCCCCC. The van der Waals surface area contributed by atoms with Crippen molar-refractivity contribution in [2.75, 3.05) is 13.1 Å². The van der Waals surface area contributed by atoms with Crippen molar-refractivity contribution in [3.63, 3.8) is 0 Å². The molecule has 1 heterocycles. The molecule has 1 aliphatic heterocycles. The summed E-state index contributed by atoms with van der Waals surface area (Å²) in [6.07, 6.45) is 49.9. The van der Waals surface area contributed by atoms with E-state index in [-0.39, 0.29) is 0 Å². The Hall–Kier alpha value is -0.660. The Kier molecular flexibility index (Phi) is 28.8. The number of nitrogens with zero attached hydrogens (tertiary/aromatic N) is 2. The Morgan fingerprint density at radius 3 is 0.854 bits per heavy atom. The van der Waals surface area contributed by atoms with E-state index in [4.69, 9.17) is 0 Å². The minimum absolute atomic E-state index is 0.640. The summed E-state index contributed by atoms with van der Waals surface area (Å²) in [6.45, 7) is 9.48. The van der Waals surface area contributed by atoms with Crippen LogP contribution in [0.15, 0.2) is 12.4 Å². The summed E-state index contributed by atoms with van der Waals surface area (Å²) >= 11 is 0. The third-order valence-electron chi connectivity index (χ3n) is 9.57. The standard InChI is InChI=1S/C39H78N2/c1-4-7-10-13-16-19-21-24-27-30-33-36-41-38-37-40(35-32-29-26-23-18-15-12-9-6-3)39(41)34-31-28-25-22-20-17-14-11-8-5-2/h37-39H,4-36H2,1-3H3. The van der Waals surface area contributed by atoms with Crippen LogP contribution in [0.25, 0.3) is 0 Å². The maximum absolute atomic E-state index is 2.72. The lowest BCUT2D eigenvalue weighted by Crippen LogP contribution is -2.39. The lowest BCUT2D eigenvalue weighted by atomic mass is 10.0. The predicted octanol–water partition coefficient (Wildman–Crippen LogP) is 13.6. The van der Waals surface area contributed by atoms with Crippen LogP contribution in [0, 0.1) is 0 Å². The van der Waals surface area contributed by atoms with Gasteiger partial charge in [-0.1, -0.05) is 194 Å². The zero-order valence-electron chi connectivity index (χ0n) is 29.0. The first kappa shape index (κ1) is 38.4. The van der Waals surface area contributed by atoms with Crippen molar-refractivity contribution in [2.45, 2.75) is 226 Å². The van der Waals surface area contributed by atoms with Crippen molar-refractivity contribution < 1.29 is 0 Å². The summed E-state index contributed by atoms with van der Waals surface area (Å²) in [5, 5.41) is 0. The van der Waals surface area contributed by atoms with Gasteiger partial charge in [0.1, 0.15) is 6.17 Å². The van der Waals surface area contributed by atoms with Crippen LogP contribution in [-0.2, 0) is 0 Å². The monoisotopic (exact) mass is 575 g/mol. The molecule has 1 rings (SSSR count). The second kappa shape index (κ2) is 30.8. The fourth-order valence-electron chi connectivity index (χ4n) is 6.72. The van der Waals surface area contributed by atoms with E-state index >= 15 is 0 Å². The van der Waals surface area contributed by atoms with Crippen molar-refractivity contribution in [3.05, 3.63) is 12.4 Å². The Morgan fingerprint density at radius 1 is 0.317 bits per heavy atom. The van der Waals surface area contributed by atoms with Crippen LogP contribution in [0.5, 0.6) is 0 Å². The zero-order valence-corrected chi connectivity index (χ0v) is 29.0. The minimum Gasteiger partial charge on any atom is -0.356 e. The van der Waals surface area contributed by atoms with Gasteiger partial charge in [-0.15, -0.1) is 0 Å². The molecule has 1 unspecified atom stereocenters. The van der Waals surface area contributed by atoms with E-state index in [0.717, 1.165) is 0 Å². The number of hydrogen-bond acceptors (Lipinski definition) is 2. The molecule has 1 aliphatic rings. The summed E-state index contributed by atoms with van der Waals surface area (Å²) in [5.74, 6) is 0. The third-order valence-corrected chi connectivity index (χ3v) is 9.57. The predicted molar refractivity (Wildman–Crippen MR) is 186 cm³/mol. The lowest BCUT2D eigenvalue weighted by molar-refractivity contribution is 0.135. The highest BCUT2D eigenvalue weighted by Gasteiger charge is 2.24. The fraction of sp³-hybridized carbons (Fsp3) is 0.949. The Bertz CT molecular complexity index is 530. The van der Waals surface area contributed by atoms with E-state index in [2.05, 4.69) is 43.0 Å². The zero-order chi connectivity index (χ0) is 29.5. The van der Waals surface area contributed by atoms with Gasteiger partial charge in [0, 0.05) is 25.5 Å². The molecule has 0 saturated heterocycles. The van der Waals surface area contributed by atoms with E-state index in [1.54, 1.807) is 0 Å². The van der Waals surface area contributed by atoms with E-state index in [1.165, 1.54) is 212 Å². The Labute approximate surface area is 260 Å². The molecule has 2 nitrogen and oxygen atoms in total. The Morgan fingerprint density at radius 2 is 0.561 bits per heavy atom. The van der Waals surface area contributed by atoms with Crippen LogP contribution in [0.1, 0.15) is 220 Å². The van der Waals surface area contributed by atoms with Gasteiger partial charge in [-0.25, -0.2) is 0 Å². The summed E-state index contributed by atoms with van der Waals surface area (Å²) in [6, 6.07) is 0. The van der Waals surface area contributed by atoms with Crippen LogP contribution in [0.3, 0.4) is 0 Å². The van der Waals surface area contributed by atoms with Gasteiger partial charge in [0.25, 0.3) is 0 Å². The van der Waals surface area contributed by atoms with Gasteiger partial charge in [0.2, 0.25) is 0 Å². The van der Waals surface area contributed by atoms with E-state index in [0.29, 0.717) is 6.17 Å². The van der Waals surface area contributed by atoms with Gasteiger partial charge in [0.15, 0.2) is 0 Å². The molecule has 0 aromatic carbocycles. The number of hydrogen-bond donors (Lipinski definition) is 0. The molecule has 0 aromatic heterocycles. The summed E-state index contributed by atoms with van der Waals surface area (Å²) < 4.78 is 0. The van der Waals surface area contributed by atoms with Crippen LogP contribution in [0.2, 0.25) is 0 Å². The molecule has 0 saturated carbocycles. The topological polar surface area (TPSA) is 6.48 Å². The quantitative estimate of drug-likeness (QED) is 0.0719. The molecule has 0 N–H and O–H groups in total. The van der Waals surface area contributed by atoms with Gasteiger partial charge in [-0.05, 0) is 25.7 Å². The van der Waals surface area contributed by atoms with Crippen LogP contribution in [-0.4, -0.2) is 29.1 Å². The molecule has 0 amide bonds. The van der Waals surface area contributed by atoms with Crippen LogP contribution >= 0.6 is 0 Å². The molecule has 244 valence electrons. The molecule has 0 aliphatic carbocycles. The number of rotatable bonds is 33. The smallest absolute Gasteiger partial charge is 0.101 e. The molecule has 2 heteroatoms. The molecule has 0 radical (unpaired) electrons. The molecule has 41 heavy (non-hydrogen) atoms. The highest BCUT2D eigenvalue weighted by atomic mass is 15.4. The van der Waals surface area contributed by atoms with Crippen molar-refractivity contribution in [1.82, 2.24) is 9.80 Å². The van der Waals surface area contributed by atoms with E-state index in [1.807, 2.05) is 0 Å². The minimum atomic E-state index is 0.640. The molecular weight excluding hydrogens is 496 g/mol. The second-order valence-electron chi connectivity index (χ2n) is 13.6. The van der Waals surface area contributed by atoms with E-state index < -0.39 is 0 Å². The van der Waals surface area contributed by atoms with Crippen LogP contribution in [0.4, 0.5) is 0 Å². The highest BCUT2D eigenvalue weighted by Crippen LogP contribution is 2.24. The van der Waals surface area contributed by atoms with Gasteiger partial charge < -0.3 is 9.80 Å². The van der Waals surface area contributed by atoms with Crippen molar-refractivity contribution in [3.8, 4) is 0 Å². The van der Waals surface area contributed by atoms with Crippen molar-refractivity contribution >= 4 is 0 Å². The van der Waals surface area contributed by atoms with E-state index in [9.17, 15) is 0 Å². The summed E-state index contributed by atoms with van der Waals surface area (Å²) in [5.41, 5.74) is 0. The van der Waals surface area contributed by atoms with Crippen molar-refractivity contribution in [2.24, 2.45) is 0 Å². The summed E-state index contributed by atoms with van der Waals surface area (Å²) in [4.78, 5) is 5.43. The molecular formula is C39H78N2. The largest absolute Gasteiger partial charge is 0.356 e. The lowest BCUT2D eigenvalue weighted by Gasteiger charge is -2.33. The van der Waals surface area contributed by atoms with Gasteiger partial charge in [-0.3, -0.25) is 0 Å². The first-order valence-corrected chi connectivity index (χ1v) is 19.5. The molecule has 0 aromatic rings. The average Bonchev–Trinajstić information content (AvgIpc) is 3.37. The Balaban J connectivity index is 2.24. The summed E-state index contributed by atoms with van der Waals surface area (Å²) in [7, 11) is 0. The second-order valence-corrected chi connectivity index (χ2v) is 13.6. The molecule has 0 fully saturated rings. The maximum Gasteiger partial charge on any atom is 0.101 e. The maximum atomic E-state index is 2.72. The van der Waals surface area contributed by atoms with Crippen LogP contribution < -0.4 is 0 Å². The van der Waals surface area contributed by atoms with Gasteiger partial charge >= 0.3 is 0 Å². The highest BCUT2D eigenvalue weighted by molar-refractivity contribution is 4.97. The number of unbranched alkanes of at least 4 members (excludes halogenated alkanes) is 27. The first-order valence-electron chi connectivity index (χ1n) is 19.5. The molecule has 0 spiro atoms. The normalized spacial score (nSPS) is 15.0. The third kappa shape index (κ3) is 23.5. The molecule has 0 bridgehead atoms. The average molecular weight is 575 g/mol. The first-order chi connectivity index (χ1) is 20.3. The van der Waals surface area contributed by atoms with Crippen molar-refractivity contribution in [1.29, 1.82) is 0 Å². The van der Waals surface area contributed by atoms with Gasteiger partial charge in [0.05, 0.1) is 0 Å². The van der Waals surface area contributed by atoms with Gasteiger partial charge in [-0.2, -0.15) is 0 Å².